The summed E-state index contributed by atoms with van der Waals surface area (Å²) in [7, 11) is 0. The van der Waals surface area contributed by atoms with E-state index in [2.05, 4.69) is 9.97 Å². The van der Waals surface area contributed by atoms with Gasteiger partial charge in [-0.1, -0.05) is 0 Å². The van der Waals surface area contributed by atoms with Crippen molar-refractivity contribution < 1.29 is 0 Å². The molecule has 0 spiro atoms. The van der Waals surface area contributed by atoms with Crippen LogP contribution in [0, 0.1) is 13.8 Å². The van der Waals surface area contributed by atoms with Crippen molar-refractivity contribution in [2.75, 3.05) is 5.73 Å². The molecule has 2 aromatic rings. The van der Waals surface area contributed by atoms with Crippen molar-refractivity contribution >= 4 is 16.7 Å². The molecular formula is C10H11N3. The topological polar surface area (TPSA) is 51.8 Å². The molecule has 2 N–H and O–H groups in total. The van der Waals surface area contributed by atoms with Crippen molar-refractivity contribution in [2.45, 2.75) is 13.8 Å². The Bertz CT molecular complexity index is 463. The first kappa shape index (κ1) is 7.98. The van der Waals surface area contributed by atoms with Crippen LogP contribution < -0.4 is 5.73 Å². The van der Waals surface area contributed by atoms with Crippen molar-refractivity contribution in [3.63, 3.8) is 0 Å². The molecular weight excluding hydrogens is 162 g/mol. The van der Waals surface area contributed by atoms with E-state index >= 15 is 0 Å². The maximum Gasteiger partial charge on any atom is 0.0910 e. The Balaban J connectivity index is 2.81. The van der Waals surface area contributed by atoms with E-state index in [9.17, 15) is 0 Å². The maximum atomic E-state index is 5.77. The van der Waals surface area contributed by atoms with Gasteiger partial charge < -0.3 is 5.73 Å². The molecule has 1 aromatic heterocycles. The van der Waals surface area contributed by atoms with Gasteiger partial charge in [-0.05, 0) is 31.5 Å². The lowest BCUT2D eigenvalue weighted by molar-refractivity contribution is 1.18. The molecule has 0 aliphatic carbocycles. The van der Waals surface area contributed by atoms with Crippen LogP contribution >= 0.6 is 0 Å². The molecule has 0 fully saturated rings. The summed E-state index contributed by atoms with van der Waals surface area (Å²) in [5.41, 5.74) is 10.3. The summed E-state index contributed by atoms with van der Waals surface area (Å²) in [5, 5.41) is 0. The molecule has 0 amide bonds. The van der Waals surface area contributed by atoms with Crippen LogP contribution in [0.15, 0.2) is 18.3 Å². The zero-order valence-electron chi connectivity index (χ0n) is 7.70. The van der Waals surface area contributed by atoms with E-state index in [0.29, 0.717) is 0 Å². The van der Waals surface area contributed by atoms with Crippen LogP contribution in [0.25, 0.3) is 11.0 Å². The first-order valence-electron chi connectivity index (χ1n) is 4.16. The third-order valence-corrected chi connectivity index (χ3v) is 2.05. The van der Waals surface area contributed by atoms with Gasteiger partial charge in [0, 0.05) is 11.9 Å². The summed E-state index contributed by atoms with van der Waals surface area (Å²) in [6, 6.07) is 3.82. The number of hydrogen-bond acceptors (Lipinski definition) is 3. The minimum Gasteiger partial charge on any atom is -0.398 e. The van der Waals surface area contributed by atoms with E-state index in [-0.39, 0.29) is 0 Å². The summed E-state index contributed by atoms with van der Waals surface area (Å²) in [4.78, 5) is 8.60. The lowest BCUT2D eigenvalue weighted by Gasteiger charge is -2.02. The third-order valence-electron chi connectivity index (χ3n) is 2.05. The summed E-state index contributed by atoms with van der Waals surface area (Å²) in [6.45, 7) is 3.89. The molecule has 0 radical (unpaired) electrons. The number of nitrogen functional groups attached to an aromatic ring is 1. The van der Waals surface area contributed by atoms with Gasteiger partial charge in [-0.3, -0.25) is 4.98 Å². The molecule has 0 aliphatic rings. The lowest BCUT2D eigenvalue weighted by Crippen LogP contribution is -1.93. The van der Waals surface area contributed by atoms with E-state index in [4.69, 9.17) is 5.73 Å². The largest absolute Gasteiger partial charge is 0.398 e. The van der Waals surface area contributed by atoms with Crippen LogP contribution in [0.2, 0.25) is 0 Å². The number of aromatic nitrogens is 2. The number of benzene rings is 1. The van der Waals surface area contributed by atoms with Gasteiger partial charge in [-0.25, -0.2) is 4.98 Å². The zero-order valence-corrected chi connectivity index (χ0v) is 7.70. The van der Waals surface area contributed by atoms with Crippen LogP contribution in [-0.4, -0.2) is 9.97 Å². The third kappa shape index (κ3) is 1.33. The van der Waals surface area contributed by atoms with E-state index in [1.54, 1.807) is 6.20 Å². The minimum absolute atomic E-state index is 0.771. The Labute approximate surface area is 76.6 Å². The van der Waals surface area contributed by atoms with Gasteiger partial charge in [0.15, 0.2) is 0 Å². The second-order valence-corrected chi connectivity index (χ2v) is 3.21. The average Bonchev–Trinajstić information content (AvgIpc) is 2.08. The fourth-order valence-electron chi connectivity index (χ4n) is 1.27. The summed E-state index contributed by atoms with van der Waals surface area (Å²) < 4.78 is 0. The molecule has 0 unspecified atom stereocenters. The van der Waals surface area contributed by atoms with Crippen molar-refractivity contribution in [3.8, 4) is 0 Å². The molecule has 1 heterocycles. The first-order chi connectivity index (χ1) is 6.16. The molecule has 3 nitrogen and oxygen atoms in total. The molecule has 0 atom stereocenters. The van der Waals surface area contributed by atoms with Crippen molar-refractivity contribution in [1.29, 1.82) is 0 Å². The van der Waals surface area contributed by atoms with Crippen molar-refractivity contribution in [1.82, 2.24) is 9.97 Å². The zero-order chi connectivity index (χ0) is 9.42. The molecule has 66 valence electrons. The van der Waals surface area contributed by atoms with Crippen LogP contribution in [0.5, 0.6) is 0 Å². The van der Waals surface area contributed by atoms with Crippen LogP contribution in [0.1, 0.15) is 11.3 Å². The summed E-state index contributed by atoms with van der Waals surface area (Å²) in [6.07, 6.45) is 1.76. The number of hydrogen-bond donors (Lipinski definition) is 1. The van der Waals surface area contributed by atoms with Gasteiger partial charge in [-0.15, -0.1) is 0 Å². The Hall–Kier alpha value is -1.64. The summed E-state index contributed by atoms with van der Waals surface area (Å²) in [5.74, 6) is 0. The molecule has 13 heavy (non-hydrogen) atoms. The fourth-order valence-corrected chi connectivity index (χ4v) is 1.27. The predicted octanol–water partition coefficient (Wildman–Crippen LogP) is 1.83. The highest BCUT2D eigenvalue weighted by atomic mass is 14.8. The number of anilines is 1. The van der Waals surface area contributed by atoms with Gasteiger partial charge in [-0.2, -0.15) is 0 Å². The van der Waals surface area contributed by atoms with Gasteiger partial charge in [0.25, 0.3) is 0 Å². The van der Waals surface area contributed by atoms with Gasteiger partial charge in [0.2, 0.25) is 0 Å². The van der Waals surface area contributed by atoms with Gasteiger partial charge in [0.05, 0.1) is 16.7 Å². The first-order valence-corrected chi connectivity index (χ1v) is 4.16. The Morgan fingerprint density at radius 3 is 2.69 bits per heavy atom. The molecule has 1 aromatic carbocycles. The maximum absolute atomic E-state index is 5.77. The van der Waals surface area contributed by atoms with E-state index in [1.165, 1.54) is 0 Å². The Morgan fingerprint density at radius 2 is 1.92 bits per heavy atom. The highest BCUT2D eigenvalue weighted by Gasteiger charge is 2.00. The van der Waals surface area contributed by atoms with Crippen LogP contribution in [0.4, 0.5) is 5.69 Å². The highest BCUT2D eigenvalue weighted by Crippen LogP contribution is 2.17. The quantitative estimate of drug-likeness (QED) is 0.618. The van der Waals surface area contributed by atoms with E-state index < -0.39 is 0 Å². The molecule has 0 aliphatic heterocycles. The molecule has 0 bridgehead atoms. The number of fused-ring (bicyclic) bond motifs is 1. The minimum atomic E-state index is 0.771. The monoisotopic (exact) mass is 173 g/mol. The SMILES string of the molecule is Cc1cnc2cc(C)c(N)cc2n1. The summed E-state index contributed by atoms with van der Waals surface area (Å²) >= 11 is 0. The number of rotatable bonds is 0. The number of nitrogens with zero attached hydrogens (tertiary/aromatic N) is 2. The molecule has 3 heteroatoms. The van der Waals surface area contributed by atoms with Crippen molar-refractivity contribution in [3.05, 3.63) is 29.6 Å². The Kier molecular flexibility index (Phi) is 1.65. The van der Waals surface area contributed by atoms with Crippen LogP contribution in [-0.2, 0) is 0 Å². The second kappa shape index (κ2) is 2.69. The van der Waals surface area contributed by atoms with Crippen LogP contribution in [0.3, 0.4) is 0 Å². The standard InChI is InChI=1S/C10H11N3/c1-6-3-9-10(4-8(6)11)13-7(2)5-12-9/h3-5H,11H2,1-2H3. The molecule has 0 saturated carbocycles. The van der Waals surface area contributed by atoms with Gasteiger partial charge in [0.1, 0.15) is 0 Å². The normalized spacial score (nSPS) is 10.6. The Morgan fingerprint density at radius 1 is 1.15 bits per heavy atom. The van der Waals surface area contributed by atoms with E-state index in [1.807, 2.05) is 26.0 Å². The second-order valence-electron chi connectivity index (χ2n) is 3.21. The number of nitrogens with two attached hydrogens (primary N) is 1. The predicted molar refractivity (Wildman–Crippen MR) is 53.4 cm³/mol. The molecule has 2 rings (SSSR count). The fraction of sp³-hybridized carbons (Fsp3) is 0.200. The molecule has 0 saturated heterocycles. The van der Waals surface area contributed by atoms with Gasteiger partial charge >= 0.3 is 0 Å². The van der Waals surface area contributed by atoms with E-state index in [0.717, 1.165) is 28.0 Å². The lowest BCUT2D eigenvalue weighted by atomic mass is 10.2. The average molecular weight is 173 g/mol. The number of aryl methyl sites for hydroxylation is 2. The highest BCUT2D eigenvalue weighted by molar-refractivity contribution is 5.79. The van der Waals surface area contributed by atoms with Crippen molar-refractivity contribution in [2.24, 2.45) is 0 Å². The smallest absolute Gasteiger partial charge is 0.0910 e.